The van der Waals surface area contributed by atoms with Gasteiger partial charge in [-0.15, -0.1) is 0 Å². The summed E-state index contributed by atoms with van der Waals surface area (Å²) >= 11 is 5.89. The number of nitrogens with one attached hydrogen (secondary N) is 1. The molecular weight excluding hydrogens is 266 g/mol. The summed E-state index contributed by atoms with van der Waals surface area (Å²) in [4.78, 5) is 25.9. The van der Waals surface area contributed by atoms with E-state index in [9.17, 15) is 9.59 Å². The number of nitrogens with two attached hydrogens (primary N) is 1. The zero-order valence-corrected chi connectivity index (χ0v) is 11.6. The summed E-state index contributed by atoms with van der Waals surface area (Å²) in [5.74, 6) is -0.451. The zero-order valence-electron chi connectivity index (χ0n) is 10.9. The molecule has 1 aromatic rings. The highest BCUT2D eigenvalue weighted by atomic mass is 35.5. The Kier molecular flexibility index (Phi) is 3.41. The summed E-state index contributed by atoms with van der Waals surface area (Å²) in [7, 11) is 0. The minimum absolute atomic E-state index is 0.173. The lowest BCUT2D eigenvalue weighted by molar-refractivity contribution is -0.133. The molecule has 0 aromatic heterocycles. The van der Waals surface area contributed by atoms with Crippen LogP contribution in [0, 0.1) is 0 Å². The maximum atomic E-state index is 12.5. The van der Waals surface area contributed by atoms with Gasteiger partial charge in [-0.25, -0.2) is 0 Å². The predicted octanol–water partition coefficient (Wildman–Crippen LogP) is 1.27. The monoisotopic (exact) mass is 281 g/mol. The van der Waals surface area contributed by atoms with Crippen LogP contribution < -0.4 is 11.1 Å². The number of nitrogens with zero attached hydrogens (tertiary/aromatic N) is 1. The van der Waals surface area contributed by atoms with E-state index in [4.69, 9.17) is 17.3 Å². The van der Waals surface area contributed by atoms with Crippen LogP contribution in [0.3, 0.4) is 0 Å². The van der Waals surface area contributed by atoms with Crippen LogP contribution in [0.15, 0.2) is 18.2 Å². The highest BCUT2D eigenvalue weighted by Crippen LogP contribution is 2.25. The molecule has 1 aliphatic rings. The molecule has 1 heterocycles. The Morgan fingerprint density at radius 1 is 1.47 bits per heavy atom. The SMILES string of the molecule is CC1(C)C(=O)NCCN1C(=O)c1cc(Cl)ccc1N. The molecule has 2 amide bonds. The van der Waals surface area contributed by atoms with Gasteiger partial charge in [0.05, 0.1) is 5.56 Å². The van der Waals surface area contributed by atoms with Crippen LogP contribution in [0.4, 0.5) is 5.69 Å². The Morgan fingerprint density at radius 3 is 2.84 bits per heavy atom. The molecule has 1 aromatic carbocycles. The Hall–Kier alpha value is -1.75. The lowest BCUT2D eigenvalue weighted by atomic mass is 9.97. The third-order valence-electron chi connectivity index (χ3n) is 3.34. The van der Waals surface area contributed by atoms with Crippen molar-refractivity contribution in [3.63, 3.8) is 0 Å². The minimum Gasteiger partial charge on any atom is -0.398 e. The number of hydrogen-bond acceptors (Lipinski definition) is 3. The van der Waals surface area contributed by atoms with Gasteiger partial charge in [-0.05, 0) is 32.0 Å². The Morgan fingerprint density at radius 2 is 2.16 bits per heavy atom. The number of rotatable bonds is 1. The second kappa shape index (κ2) is 4.74. The number of nitrogen functional groups attached to an aromatic ring is 1. The maximum Gasteiger partial charge on any atom is 0.256 e. The molecule has 0 radical (unpaired) electrons. The first-order valence-electron chi connectivity index (χ1n) is 5.99. The van der Waals surface area contributed by atoms with Crippen molar-refractivity contribution in [2.24, 2.45) is 0 Å². The maximum absolute atomic E-state index is 12.5. The molecule has 5 nitrogen and oxygen atoms in total. The number of benzene rings is 1. The van der Waals surface area contributed by atoms with E-state index in [1.54, 1.807) is 26.0 Å². The summed E-state index contributed by atoms with van der Waals surface area (Å²) in [5, 5.41) is 3.19. The Balaban J connectivity index is 2.38. The average Bonchev–Trinajstić information content (AvgIpc) is 2.35. The van der Waals surface area contributed by atoms with E-state index in [2.05, 4.69) is 5.32 Å². The van der Waals surface area contributed by atoms with E-state index < -0.39 is 5.54 Å². The quantitative estimate of drug-likeness (QED) is 0.761. The topological polar surface area (TPSA) is 75.4 Å². The summed E-state index contributed by atoms with van der Waals surface area (Å²) < 4.78 is 0. The van der Waals surface area contributed by atoms with Crippen molar-refractivity contribution in [3.05, 3.63) is 28.8 Å². The molecule has 0 unspecified atom stereocenters. The lowest BCUT2D eigenvalue weighted by Crippen LogP contribution is -2.63. The smallest absolute Gasteiger partial charge is 0.256 e. The van der Waals surface area contributed by atoms with Crippen molar-refractivity contribution < 1.29 is 9.59 Å². The molecule has 6 heteroatoms. The number of halogens is 1. The van der Waals surface area contributed by atoms with Gasteiger partial charge < -0.3 is 16.0 Å². The summed E-state index contributed by atoms with van der Waals surface area (Å²) in [6.07, 6.45) is 0. The summed E-state index contributed by atoms with van der Waals surface area (Å²) in [6, 6.07) is 4.75. The molecule has 0 bridgehead atoms. The van der Waals surface area contributed by atoms with Crippen molar-refractivity contribution in [1.29, 1.82) is 0 Å². The van der Waals surface area contributed by atoms with Crippen molar-refractivity contribution in [1.82, 2.24) is 10.2 Å². The van der Waals surface area contributed by atoms with Crippen LogP contribution in [-0.2, 0) is 4.79 Å². The molecule has 2 rings (SSSR count). The predicted molar refractivity (Wildman–Crippen MR) is 74.0 cm³/mol. The number of piperazine rings is 1. The van der Waals surface area contributed by atoms with Crippen LogP contribution in [0.5, 0.6) is 0 Å². The van der Waals surface area contributed by atoms with E-state index in [1.165, 1.54) is 11.0 Å². The van der Waals surface area contributed by atoms with Gasteiger partial charge in [0.25, 0.3) is 5.91 Å². The van der Waals surface area contributed by atoms with Gasteiger partial charge in [-0.1, -0.05) is 11.6 Å². The van der Waals surface area contributed by atoms with Gasteiger partial charge in [0.1, 0.15) is 5.54 Å². The zero-order chi connectivity index (χ0) is 14.2. The van der Waals surface area contributed by atoms with Crippen LogP contribution in [-0.4, -0.2) is 35.3 Å². The van der Waals surface area contributed by atoms with E-state index >= 15 is 0 Å². The fraction of sp³-hybridized carbons (Fsp3) is 0.385. The van der Waals surface area contributed by atoms with E-state index in [0.29, 0.717) is 29.4 Å². The van der Waals surface area contributed by atoms with E-state index in [1.807, 2.05) is 0 Å². The molecule has 0 saturated carbocycles. The van der Waals surface area contributed by atoms with Gasteiger partial charge in [-0.3, -0.25) is 9.59 Å². The molecule has 1 saturated heterocycles. The molecule has 1 aliphatic heterocycles. The van der Waals surface area contributed by atoms with E-state index in [-0.39, 0.29) is 11.8 Å². The molecule has 102 valence electrons. The second-order valence-electron chi connectivity index (χ2n) is 5.00. The van der Waals surface area contributed by atoms with E-state index in [0.717, 1.165) is 0 Å². The third-order valence-corrected chi connectivity index (χ3v) is 3.58. The number of carbonyl (C=O) groups is 2. The average molecular weight is 282 g/mol. The normalized spacial score (nSPS) is 18.1. The molecule has 1 fully saturated rings. The van der Waals surface area contributed by atoms with Crippen molar-refractivity contribution in [2.75, 3.05) is 18.8 Å². The molecule has 0 aliphatic carbocycles. The number of amides is 2. The van der Waals surface area contributed by atoms with Gasteiger partial charge in [-0.2, -0.15) is 0 Å². The summed E-state index contributed by atoms with van der Waals surface area (Å²) in [5.41, 5.74) is 5.60. The van der Waals surface area contributed by atoms with Gasteiger partial charge >= 0.3 is 0 Å². The van der Waals surface area contributed by atoms with Crippen LogP contribution in [0.1, 0.15) is 24.2 Å². The number of carbonyl (C=O) groups excluding carboxylic acids is 2. The molecular formula is C13H16ClN3O2. The fourth-order valence-electron chi connectivity index (χ4n) is 2.11. The third kappa shape index (κ3) is 2.38. The standard InChI is InChI=1S/C13H16ClN3O2/c1-13(2)12(19)16-5-6-17(13)11(18)9-7-8(14)3-4-10(9)15/h3-4,7H,5-6,15H2,1-2H3,(H,16,19). The Labute approximate surface area is 116 Å². The second-order valence-corrected chi connectivity index (χ2v) is 5.44. The van der Waals surface area contributed by atoms with Crippen molar-refractivity contribution in [2.45, 2.75) is 19.4 Å². The highest BCUT2D eigenvalue weighted by molar-refractivity contribution is 6.31. The first-order valence-corrected chi connectivity index (χ1v) is 6.37. The van der Waals surface area contributed by atoms with Crippen LogP contribution >= 0.6 is 11.6 Å². The van der Waals surface area contributed by atoms with Crippen molar-refractivity contribution >= 4 is 29.1 Å². The van der Waals surface area contributed by atoms with Crippen LogP contribution in [0.25, 0.3) is 0 Å². The van der Waals surface area contributed by atoms with Crippen molar-refractivity contribution in [3.8, 4) is 0 Å². The largest absolute Gasteiger partial charge is 0.398 e. The lowest BCUT2D eigenvalue weighted by Gasteiger charge is -2.41. The molecule has 0 atom stereocenters. The highest BCUT2D eigenvalue weighted by Gasteiger charge is 2.41. The van der Waals surface area contributed by atoms with Gasteiger partial charge in [0.15, 0.2) is 0 Å². The fourth-order valence-corrected chi connectivity index (χ4v) is 2.29. The first-order chi connectivity index (χ1) is 8.84. The van der Waals surface area contributed by atoms with Gasteiger partial charge in [0, 0.05) is 23.8 Å². The number of anilines is 1. The first kappa shape index (κ1) is 13.7. The minimum atomic E-state index is -0.899. The van der Waals surface area contributed by atoms with Crippen LogP contribution in [0.2, 0.25) is 5.02 Å². The number of hydrogen-bond donors (Lipinski definition) is 2. The molecule has 0 spiro atoms. The molecule has 3 N–H and O–H groups in total. The summed E-state index contributed by atoms with van der Waals surface area (Å²) in [6.45, 7) is 4.30. The van der Waals surface area contributed by atoms with Gasteiger partial charge in [0.2, 0.25) is 5.91 Å². The molecule has 19 heavy (non-hydrogen) atoms. The Bertz CT molecular complexity index is 543.